The molecule has 0 spiro atoms. The standard InChI is InChI=1S/C15H18N2O3S/c1-12-11-15(20-16-12)13-5-7-14(8-6-13)21(18,19)17-9-3-2-4-10-17/h5-8,11H,2-4,9-10H2,1H3. The van der Waals surface area contributed by atoms with Gasteiger partial charge in [-0.3, -0.25) is 0 Å². The summed E-state index contributed by atoms with van der Waals surface area (Å²) in [5, 5.41) is 3.84. The Hall–Kier alpha value is -1.66. The largest absolute Gasteiger partial charge is 0.356 e. The van der Waals surface area contributed by atoms with E-state index in [0.29, 0.717) is 23.7 Å². The first kappa shape index (κ1) is 14.3. The van der Waals surface area contributed by atoms with E-state index >= 15 is 0 Å². The molecular formula is C15H18N2O3S. The third kappa shape index (κ3) is 2.87. The topological polar surface area (TPSA) is 63.4 Å². The van der Waals surface area contributed by atoms with E-state index in [-0.39, 0.29) is 0 Å². The molecule has 112 valence electrons. The zero-order chi connectivity index (χ0) is 14.9. The van der Waals surface area contributed by atoms with Crippen LogP contribution in [-0.2, 0) is 10.0 Å². The lowest BCUT2D eigenvalue weighted by Crippen LogP contribution is -2.35. The van der Waals surface area contributed by atoms with E-state index in [2.05, 4.69) is 5.16 Å². The Balaban J connectivity index is 1.86. The smallest absolute Gasteiger partial charge is 0.243 e. The second-order valence-corrected chi connectivity index (χ2v) is 7.26. The lowest BCUT2D eigenvalue weighted by molar-refractivity contribution is 0.346. The molecule has 0 unspecified atom stereocenters. The summed E-state index contributed by atoms with van der Waals surface area (Å²) in [6.45, 7) is 3.08. The Morgan fingerprint density at radius 1 is 1.10 bits per heavy atom. The van der Waals surface area contributed by atoms with Crippen molar-refractivity contribution >= 4 is 10.0 Å². The van der Waals surface area contributed by atoms with Gasteiger partial charge in [0.15, 0.2) is 5.76 Å². The summed E-state index contributed by atoms with van der Waals surface area (Å²) >= 11 is 0. The summed E-state index contributed by atoms with van der Waals surface area (Å²) in [5.74, 6) is 0.648. The van der Waals surface area contributed by atoms with Gasteiger partial charge in [-0.1, -0.05) is 11.6 Å². The van der Waals surface area contributed by atoms with Crippen molar-refractivity contribution in [2.75, 3.05) is 13.1 Å². The van der Waals surface area contributed by atoms with Gasteiger partial charge in [-0.05, 0) is 44.0 Å². The third-order valence-electron chi connectivity index (χ3n) is 3.72. The van der Waals surface area contributed by atoms with E-state index in [9.17, 15) is 8.42 Å². The molecule has 0 bridgehead atoms. The van der Waals surface area contributed by atoms with Crippen molar-refractivity contribution < 1.29 is 12.9 Å². The molecule has 0 amide bonds. The summed E-state index contributed by atoms with van der Waals surface area (Å²) in [6.07, 6.45) is 2.99. The Morgan fingerprint density at radius 3 is 2.33 bits per heavy atom. The van der Waals surface area contributed by atoms with Crippen LogP contribution in [0.15, 0.2) is 39.8 Å². The number of aryl methyl sites for hydroxylation is 1. The molecule has 5 nitrogen and oxygen atoms in total. The molecule has 0 saturated carbocycles. The fourth-order valence-corrected chi connectivity index (χ4v) is 4.06. The van der Waals surface area contributed by atoms with Gasteiger partial charge in [0.25, 0.3) is 0 Å². The molecule has 0 atom stereocenters. The van der Waals surface area contributed by atoms with Crippen molar-refractivity contribution in [1.82, 2.24) is 9.46 Å². The van der Waals surface area contributed by atoms with Gasteiger partial charge in [-0.25, -0.2) is 8.42 Å². The molecule has 2 aromatic rings. The predicted octanol–water partition coefficient (Wildman–Crippen LogP) is 2.82. The van der Waals surface area contributed by atoms with E-state index in [1.54, 1.807) is 28.6 Å². The van der Waals surface area contributed by atoms with Gasteiger partial charge in [0.05, 0.1) is 10.6 Å². The normalized spacial score (nSPS) is 17.0. The van der Waals surface area contributed by atoms with E-state index < -0.39 is 10.0 Å². The maximum absolute atomic E-state index is 12.5. The molecule has 0 aliphatic carbocycles. The summed E-state index contributed by atoms with van der Waals surface area (Å²) < 4.78 is 31.8. The minimum Gasteiger partial charge on any atom is -0.356 e. The fourth-order valence-electron chi connectivity index (χ4n) is 2.55. The first-order valence-electron chi connectivity index (χ1n) is 7.11. The molecule has 3 rings (SSSR count). The quantitative estimate of drug-likeness (QED) is 0.874. The minimum atomic E-state index is -3.37. The zero-order valence-corrected chi connectivity index (χ0v) is 12.8. The molecule has 2 heterocycles. The molecule has 6 heteroatoms. The van der Waals surface area contributed by atoms with E-state index in [1.165, 1.54) is 0 Å². The average Bonchev–Trinajstić information content (AvgIpc) is 2.95. The Bertz CT molecular complexity index is 714. The molecular weight excluding hydrogens is 288 g/mol. The minimum absolute atomic E-state index is 0.337. The SMILES string of the molecule is Cc1cc(-c2ccc(S(=O)(=O)N3CCCCC3)cc2)on1. The van der Waals surface area contributed by atoms with Gasteiger partial charge in [0, 0.05) is 24.7 Å². The number of sulfonamides is 1. The first-order valence-corrected chi connectivity index (χ1v) is 8.55. The van der Waals surface area contributed by atoms with Crippen LogP contribution in [0.2, 0.25) is 0 Å². The first-order chi connectivity index (χ1) is 10.1. The van der Waals surface area contributed by atoms with Crippen molar-refractivity contribution in [2.24, 2.45) is 0 Å². The van der Waals surface area contributed by atoms with Gasteiger partial charge in [0.2, 0.25) is 10.0 Å². The highest BCUT2D eigenvalue weighted by molar-refractivity contribution is 7.89. The molecule has 1 aliphatic rings. The molecule has 1 fully saturated rings. The van der Waals surface area contributed by atoms with Crippen LogP contribution in [-0.4, -0.2) is 31.0 Å². The highest BCUT2D eigenvalue weighted by atomic mass is 32.2. The fraction of sp³-hybridized carbons (Fsp3) is 0.400. The number of nitrogens with zero attached hydrogens (tertiary/aromatic N) is 2. The Morgan fingerprint density at radius 2 is 1.76 bits per heavy atom. The van der Waals surface area contributed by atoms with Crippen LogP contribution < -0.4 is 0 Å². The van der Waals surface area contributed by atoms with Crippen LogP contribution in [0.5, 0.6) is 0 Å². The Kier molecular flexibility index (Phi) is 3.82. The van der Waals surface area contributed by atoms with E-state index in [0.717, 1.165) is 30.5 Å². The highest BCUT2D eigenvalue weighted by Crippen LogP contribution is 2.25. The van der Waals surface area contributed by atoms with Crippen LogP contribution in [0.4, 0.5) is 0 Å². The monoisotopic (exact) mass is 306 g/mol. The maximum atomic E-state index is 12.5. The highest BCUT2D eigenvalue weighted by Gasteiger charge is 2.25. The van der Waals surface area contributed by atoms with E-state index in [1.807, 2.05) is 13.0 Å². The summed E-state index contributed by atoms with van der Waals surface area (Å²) in [6, 6.07) is 8.62. The number of piperidine rings is 1. The van der Waals surface area contributed by atoms with Gasteiger partial charge in [-0.2, -0.15) is 4.31 Å². The van der Waals surface area contributed by atoms with Gasteiger partial charge >= 0.3 is 0 Å². The number of hydrogen-bond acceptors (Lipinski definition) is 4. The van der Waals surface area contributed by atoms with Crippen molar-refractivity contribution in [3.63, 3.8) is 0 Å². The summed E-state index contributed by atoms with van der Waals surface area (Å²) in [5.41, 5.74) is 1.63. The molecule has 0 radical (unpaired) electrons. The molecule has 1 saturated heterocycles. The van der Waals surface area contributed by atoms with Gasteiger partial charge in [0.1, 0.15) is 0 Å². The van der Waals surface area contributed by atoms with Crippen LogP contribution in [0, 0.1) is 6.92 Å². The average molecular weight is 306 g/mol. The maximum Gasteiger partial charge on any atom is 0.243 e. The molecule has 1 aliphatic heterocycles. The lowest BCUT2D eigenvalue weighted by Gasteiger charge is -2.25. The lowest BCUT2D eigenvalue weighted by atomic mass is 10.2. The van der Waals surface area contributed by atoms with Crippen LogP contribution >= 0.6 is 0 Å². The van der Waals surface area contributed by atoms with Crippen molar-refractivity contribution in [2.45, 2.75) is 31.1 Å². The van der Waals surface area contributed by atoms with Gasteiger partial charge < -0.3 is 4.52 Å². The van der Waals surface area contributed by atoms with Crippen molar-refractivity contribution in [3.05, 3.63) is 36.0 Å². The Labute approximate surface area is 124 Å². The number of hydrogen-bond donors (Lipinski definition) is 0. The molecule has 21 heavy (non-hydrogen) atoms. The summed E-state index contributed by atoms with van der Waals surface area (Å²) in [4.78, 5) is 0.337. The number of benzene rings is 1. The second-order valence-electron chi connectivity index (χ2n) is 5.32. The third-order valence-corrected chi connectivity index (χ3v) is 5.63. The van der Waals surface area contributed by atoms with Crippen LogP contribution in [0.1, 0.15) is 25.0 Å². The van der Waals surface area contributed by atoms with Crippen LogP contribution in [0.3, 0.4) is 0 Å². The van der Waals surface area contributed by atoms with Crippen molar-refractivity contribution in [1.29, 1.82) is 0 Å². The number of aromatic nitrogens is 1. The second kappa shape index (κ2) is 5.61. The van der Waals surface area contributed by atoms with Crippen LogP contribution in [0.25, 0.3) is 11.3 Å². The molecule has 1 aromatic carbocycles. The van der Waals surface area contributed by atoms with E-state index in [4.69, 9.17) is 4.52 Å². The summed E-state index contributed by atoms with van der Waals surface area (Å²) in [7, 11) is -3.37. The zero-order valence-electron chi connectivity index (χ0n) is 11.9. The predicted molar refractivity (Wildman–Crippen MR) is 79.3 cm³/mol. The van der Waals surface area contributed by atoms with Gasteiger partial charge in [-0.15, -0.1) is 0 Å². The molecule has 1 aromatic heterocycles. The van der Waals surface area contributed by atoms with Crippen molar-refractivity contribution in [3.8, 4) is 11.3 Å². The molecule has 0 N–H and O–H groups in total. The number of rotatable bonds is 3.